The van der Waals surface area contributed by atoms with Crippen LogP contribution >= 0.6 is 0 Å². The molecule has 3 heteroatoms. The number of ether oxygens (including phenoxy) is 2. The number of methoxy groups -OCH3 is 2. The van der Waals surface area contributed by atoms with E-state index >= 15 is 0 Å². The Bertz CT molecular complexity index is 287. The molecule has 0 N–H and O–H groups in total. The van der Waals surface area contributed by atoms with Crippen molar-refractivity contribution in [2.75, 3.05) is 34.9 Å². The van der Waals surface area contributed by atoms with Gasteiger partial charge in [0.1, 0.15) is 0 Å². The molecule has 0 aliphatic heterocycles. The first-order chi connectivity index (χ1) is 7.70. The zero-order chi connectivity index (χ0) is 12.0. The Hall–Kier alpha value is -0.900. The summed E-state index contributed by atoms with van der Waals surface area (Å²) in [6.07, 6.45) is 0.0381. The smallest absolute Gasteiger partial charge is 0.0998 e. The summed E-state index contributed by atoms with van der Waals surface area (Å²) in [6.45, 7) is 0.653. The minimum Gasteiger partial charge on any atom is -0.383 e. The quantitative estimate of drug-likeness (QED) is 0.736. The maximum Gasteiger partial charge on any atom is 0.0998 e. The van der Waals surface area contributed by atoms with Crippen LogP contribution in [0.4, 0.5) is 0 Å². The van der Waals surface area contributed by atoms with Gasteiger partial charge in [0.2, 0.25) is 0 Å². The normalized spacial score (nSPS) is 15.1. The Morgan fingerprint density at radius 3 is 2.19 bits per heavy atom. The van der Waals surface area contributed by atoms with Gasteiger partial charge < -0.3 is 14.4 Å². The van der Waals surface area contributed by atoms with Crippen LogP contribution in [-0.4, -0.2) is 45.9 Å². The van der Waals surface area contributed by atoms with Crippen molar-refractivity contribution in [3.8, 4) is 0 Å². The highest BCUT2D eigenvalue weighted by Crippen LogP contribution is 2.23. The minimum absolute atomic E-state index is 0.0381. The molecule has 90 valence electrons. The zero-order valence-electron chi connectivity index (χ0n) is 10.5. The highest BCUT2D eigenvalue weighted by Gasteiger charge is 2.24. The molecule has 0 bridgehead atoms. The monoisotopic (exact) mass is 223 g/mol. The second-order valence-electron chi connectivity index (χ2n) is 4.05. The molecule has 2 atom stereocenters. The fourth-order valence-corrected chi connectivity index (χ4v) is 1.84. The molecular weight excluding hydrogens is 202 g/mol. The molecule has 0 aliphatic rings. The summed E-state index contributed by atoms with van der Waals surface area (Å²) < 4.78 is 10.8. The van der Waals surface area contributed by atoms with E-state index in [1.54, 1.807) is 14.2 Å². The van der Waals surface area contributed by atoms with Gasteiger partial charge in [-0.25, -0.2) is 0 Å². The molecule has 16 heavy (non-hydrogen) atoms. The van der Waals surface area contributed by atoms with Gasteiger partial charge in [0.05, 0.1) is 18.8 Å². The predicted octanol–water partition coefficient (Wildman–Crippen LogP) is 1.95. The molecule has 0 unspecified atom stereocenters. The molecule has 0 heterocycles. The Labute approximate surface area is 98.0 Å². The van der Waals surface area contributed by atoms with Crippen LogP contribution in [0.3, 0.4) is 0 Å². The van der Waals surface area contributed by atoms with Crippen molar-refractivity contribution in [3.05, 3.63) is 35.9 Å². The molecule has 0 aromatic heterocycles. The van der Waals surface area contributed by atoms with Crippen LogP contribution in [0, 0.1) is 0 Å². The van der Waals surface area contributed by atoms with Gasteiger partial charge in [-0.2, -0.15) is 0 Å². The number of hydrogen-bond donors (Lipinski definition) is 0. The highest BCUT2D eigenvalue weighted by molar-refractivity contribution is 5.19. The molecule has 0 spiro atoms. The van der Waals surface area contributed by atoms with Gasteiger partial charge in [-0.15, -0.1) is 0 Å². The van der Waals surface area contributed by atoms with Crippen LogP contribution in [0.15, 0.2) is 30.3 Å². The van der Waals surface area contributed by atoms with Crippen LogP contribution in [0.2, 0.25) is 0 Å². The first kappa shape index (κ1) is 13.2. The third kappa shape index (κ3) is 3.30. The van der Waals surface area contributed by atoms with Crippen molar-refractivity contribution in [2.24, 2.45) is 0 Å². The SMILES string of the molecule is COC[C@@H]([C@@H](OC)c1ccccc1)N(C)C. The van der Waals surface area contributed by atoms with Crippen LogP contribution in [-0.2, 0) is 9.47 Å². The van der Waals surface area contributed by atoms with Gasteiger partial charge >= 0.3 is 0 Å². The third-order valence-electron chi connectivity index (χ3n) is 2.73. The Morgan fingerprint density at radius 1 is 1.12 bits per heavy atom. The van der Waals surface area contributed by atoms with Gasteiger partial charge in [0.15, 0.2) is 0 Å². The second kappa shape index (κ2) is 6.63. The molecule has 1 aromatic rings. The second-order valence-corrected chi connectivity index (χ2v) is 4.05. The Balaban J connectivity index is 2.86. The Kier molecular flexibility index (Phi) is 5.46. The summed E-state index contributed by atoms with van der Waals surface area (Å²) in [5.41, 5.74) is 1.18. The summed E-state index contributed by atoms with van der Waals surface area (Å²) in [5.74, 6) is 0. The third-order valence-corrected chi connectivity index (χ3v) is 2.73. The summed E-state index contributed by atoms with van der Waals surface area (Å²) in [4.78, 5) is 2.13. The van der Waals surface area contributed by atoms with Gasteiger partial charge in [-0.3, -0.25) is 0 Å². The van der Waals surface area contributed by atoms with Gasteiger partial charge in [-0.05, 0) is 19.7 Å². The van der Waals surface area contributed by atoms with E-state index in [0.29, 0.717) is 6.61 Å². The van der Waals surface area contributed by atoms with E-state index in [0.717, 1.165) is 0 Å². The van der Waals surface area contributed by atoms with Gasteiger partial charge in [0, 0.05) is 14.2 Å². The van der Waals surface area contributed by atoms with E-state index in [4.69, 9.17) is 9.47 Å². The number of likely N-dealkylation sites (N-methyl/N-ethyl adjacent to an activating group) is 1. The average molecular weight is 223 g/mol. The van der Waals surface area contributed by atoms with Gasteiger partial charge in [0.25, 0.3) is 0 Å². The molecule has 0 aliphatic carbocycles. The lowest BCUT2D eigenvalue weighted by atomic mass is 10.0. The van der Waals surface area contributed by atoms with Crippen LogP contribution < -0.4 is 0 Å². The van der Waals surface area contributed by atoms with Crippen molar-refractivity contribution in [3.63, 3.8) is 0 Å². The maximum absolute atomic E-state index is 5.59. The largest absolute Gasteiger partial charge is 0.383 e. The molecular formula is C13H21NO2. The molecule has 1 aromatic carbocycles. The van der Waals surface area contributed by atoms with Crippen molar-refractivity contribution in [1.29, 1.82) is 0 Å². The van der Waals surface area contributed by atoms with Crippen molar-refractivity contribution in [1.82, 2.24) is 4.90 Å². The zero-order valence-corrected chi connectivity index (χ0v) is 10.5. The lowest BCUT2D eigenvalue weighted by Crippen LogP contribution is -2.38. The number of hydrogen-bond acceptors (Lipinski definition) is 3. The van der Waals surface area contributed by atoms with E-state index in [9.17, 15) is 0 Å². The highest BCUT2D eigenvalue weighted by atomic mass is 16.5. The molecule has 0 saturated heterocycles. The predicted molar refractivity (Wildman–Crippen MR) is 65.5 cm³/mol. The standard InChI is InChI=1S/C13H21NO2/c1-14(2)12(10-15-3)13(16-4)11-8-6-5-7-9-11/h5-9,12-13H,10H2,1-4H3/t12-,13-/m0/s1. The Morgan fingerprint density at radius 2 is 1.75 bits per heavy atom. The molecule has 0 fully saturated rings. The summed E-state index contributed by atoms with van der Waals surface area (Å²) in [7, 11) is 7.54. The van der Waals surface area contributed by atoms with E-state index < -0.39 is 0 Å². The molecule has 0 radical (unpaired) electrons. The van der Waals surface area contributed by atoms with Crippen LogP contribution in [0.25, 0.3) is 0 Å². The van der Waals surface area contributed by atoms with E-state index in [2.05, 4.69) is 17.0 Å². The first-order valence-electron chi connectivity index (χ1n) is 5.43. The topological polar surface area (TPSA) is 21.7 Å². The maximum atomic E-state index is 5.59. The average Bonchev–Trinajstić information content (AvgIpc) is 2.30. The fraction of sp³-hybridized carbons (Fsp3) is 0.538. The van der Waals surface area contributed by atoms with Crippen molar-refractivity contribution < 1.29 is 9.47 Å². The molecule has 1 rings (SSSR count). The lowest BCUT2D eigenvalue weighted by Gasteiger charge is -2.31. The molecule has 0 amide bonds. The summed E-state index contributed by atoms with van der Waals surface area (Å²) >= 11 is 0. The van der Waals surface area contributed by atoms with Crippen molar-refractivity contribution >= 4 is 0 Å². The number of nitrogens with zero attached hydrogens (tertiary/aromatic N) is 1. The number of benzene rings is 1. The van der Waals surface area contributed by atoms with E-state index in [1.165, 1.54) is 5.56 Å². The first-order valence-corrected chi connectivity index (χ1v) is 5.43. The summed E-state index contributed by atoms with van der Waals surface area (Å²) in [6, 6.07) is 10.5. The molecule has 0 saturated carbocycles. The lowest BCUT2D eigenvalue weighted by molar-refractivity contribution is -0.00481. The fourth-order valence-electron chi connectivity index (χ4n) is 1.84. The number of rotatable bonds is 6. The molecule has 3 nitrogen and oxygen atoms in total. The van der Waals surface area contributed by atoms with E-state index in [1.807, 2.05) is 32.3 Å². The van der Waals surface area contributed by atoms with Crippen LogP contribution in [0.1, 0.15) is 11.7 Å². The van der Waals surface area contributed by atoms with E-state index in [-0.39, 0.29) is 12.1 Å². The van der Waals surface area contributed by atoms with Gasteiger partial charge in [-0.1, -0.05) is 30.3 Å². The minimum atomic E-state index is 0.0381. The summed E-state index contributed by atoms with van der Waals surface area (Å²) in [5, 5.41) is 0. The van der Waals surface area contributed by atoms with Crippen LogP contribution in [0.5, 0.6) is 0 Å². The van der Waals surface area contributed by atoms with Crippen molar-refractivity contribution in [2.45, 2.75) is 12.1 Å².